The number of nitrogens with zero attached hydrogens (tertiary/aromatic N) is 4. The molecular weight excluding hydrogens is 540 g/mol. The van der Waals surface area contributed by atoms with Crippen molar-refractivity contribution in [2.75, 3.05) is 0 Å². The molecule has 0 aliphatic heterocycles. The van der Waals surface area contributed by atoms with E-state index in [0.29, 0.717) is 11.1 Å². The molecule has 0 N–H and O–H groups in total. The molecule has 0 aliphatic carbocycles. The molecule has 0 bridgehead atoms. The Bertz CT molecular complexity index is 3040. The van der Waals surface area contributed by atoms with Gasteiger partial charge in [0, 0.05) is 27.3 Å². The number of hydrogen-bond donors (Lipinski definition) is 0. The van der Waals surface area contributed by atoms with Crippen LogP contribution in [0.3, 0.4) is 0 Å². The molecule has 0 saturated carbocycles. The standard InChI is InChI=1S/C39H24N4O/c1-3-11-25(12-4-1)26-19-21-28(22-20-26)38-40-37(27-13-5-2-6-14-27)41-39(42-38)43-32-17-9-7-16-31(32)35-33(43)24-23-30-29-15-8-10-18-34(29)44-36(30)35/h1-24H/i7D,8D,9D,10D,15D,16D,17D,18D,23D,24D. The lowest BCUT2D eigenvalue weighted by atomic mass is 10.0. The van der Waals surface area contributed by atoms with Gasteiger partial charge in [-0.1, -0.05) is 121 Å². The van der Waals surface area contributed by atoms with E-state index in [9.17, 15) is 2.74 Å². The van der Waals surface area contributed by atoms with E-state index in [0.717, 1.165) is 11.1 Å². The average Bonchev–Trinajstić information content (AvgIpc) is 3.78. The Morgan fingerprint density at radius 3 is 1.84 bits per heavy atom. The molecule has 3 aromatic heterocycles. The molecule has 0 aliphatic rings. The van der Waals surface area contributed by atoms with Gasteiger partial charge < -0.3 is 4.42 Å². The molecule has 0 saturated heterocycles. The van der Waals surface area contributed by atoms with E-state index in [1.807, 2.05) is 84.9 Å². The lowest BCUT2D eigenvalue weighted by Gasteiger charge is -2.11. The van der Waals surface area contributed by atoms with Gasteiger partial charge in [0.1, 0.15) is 11.2 Å². The molecule has 0 amide bonds. The van der Waals surface area contributed by atoms with E-state index in [-0.39, 0.29) is 61.3 Å². The van der Waals surface area contributed by atoms with Crippen molar-refractivity contribution in [3.8, 4) is 39.9 Å². The number of benzene rings is 6. The third-order valence-electron chi connectivity index (χ3n) is 7.57. The number of aromatic nitrogens is 4. The summed E-state index contributed by atoms with van der Waals surface area (Å²) in [5, 5.41) is -0.234. The average molecular weight is 575 g/mol. The second-order valence-corrected chi connectivity index (χ2v) is 10.1. The van der Waals surface area contributed by atoms with Gasteiger partial charge in [0.05, 0.1) is 30.1 Å². The summed E-state index contributed by atoms with van der Waals surface area (Å²) < 4.78 is 95.2. The minimum Gasteiger partial charge on any atom is -0.455 e. The van der Waals surface area contributed by atoms with Crippen LogP contribution in [0.15, 0.2) is 150 Å². The van der Waals surface area contributed by atoms with Crippen LogP contribution in [-0.4, -0.2) is 19.5 Å². The van der Waals surface area contributed by atoms with Gasteiger partial charge in [-0.3, -0.25) is 4.57 Å². The van der Waals surface area contributed by atoms with Crippen LogP contribution >= 0.6 is 0 Å². The molecule has 3 heterocycles. The van der Waals surface area contributed by atoms with Crippen molar-refractivity contribution in [3.63, 3.8) is 0 Å². The summed E-state index contributed by atoms with van der Waals surface area (Å²) in [5.74, 6) is 0.383. The van der Waals surface area contributed by atoms with E-state index < -0.39 is 60.4 Å². The van der Waals surface area contributed by atoms with E-state index >= 15 is 0 Å². The number of rotatable bonds is 4. The van der Waals surface area contributed by atoms with Gasteiger partial charge in [0.25, 0.3) is 0 Å². The zero-order valence-electron chi connectivity index (χ0n) is 32.8. The third kappa shape index (κ3) is 3.83. The van der Waals surface area contributed by atoms with Crippen LogP contribution in [0.4, 0.5) is 0 Å². The Balaban J connectivity index is 1.44. The van der Waals surface area contributed by atoms with Crippen LogP contribution in [-0.2, 0) is 0 Å². The fraction of sp³-hybridized carbons (Fsp3) is 0. The molecular formula is C39H24N4O. The van der Waals surface area contributed by atoms with Gasteiger partial charge in [0.15, 0.2) is 11.6 Å². The highest BCUT2D eigenvalue weighted by Crippen LogP contribution is 2.40. The van der Waals surface area contributed by atoms with Crippen LogP contribution in [0.2, 0.25) is 0 Å². The molecule has 5 heteroatoms. The normalized spacial score (nSPS) is 14.8. The Kier molecular flexibility index (Phi) is 3.66. The second kappa shape index (κ2) is 9.75. The summed E-state index contributed by atoms with van der Waals surface area (Å²) in [6, 6.07) is 21.6. The second-order valence-electron chi connectivity index (χ2n) is 10.1. The quantitative estimate of drug-likeness (QED) is 0.210. The Morgan fingerprint density at radius 1 is 0.500 bits per heavy atom. The molecule has 6 aromatic carbocycles. The van der Waals surface area contributed by atoms with Crippen molar-refractivity contribution in [1.29, 1.82) is 0 Å². The topological polar surface area (TPSA) is 56.7 Å². The van der Waals surface area contributed by atoms with Gasteiger partial charge in [0.2, 0.25) is 5.95 Å². The fourth-order valence-electron chi connectivity index (χ4n) is 5.53. The smallest absolute Gasteiger partial charge is 0.238 e. The SMILES string of the molecule is [2H]c1c([2H])c([2H])c2c(oc3c2c([2H])c([2H])c2c3c3c([2H])c([2H])c([2H])c([2H])c3n2-c2nc(-c3ccccc3)nc(-c3ccc(-c4ccccc4)cc3)n2)c1[2H]. The molecule has 9 aromatic rings. The Hall–Kier alpha value is -6.07. The van der Waals surface area contributed by atoms with Crippen molar-refractivity contribution >= 4 is 43.7 Å². The van der Waals surface area contributed by atoms with E-state index in [4.69, 9.17) is 30.3 Å². The molecule has 5 nitrogen and oxygen atoms in total. The minimum absolute atomic E-state index is 0.0106. The summed E-state index contributed by atoms with van der Waals surface area (Å²) >= 11 is 0. The largest absolute Gasteiger partial charge is 0.455 e. The first-order valence-corrected chi connectivity index (χ1v) is 13.8. The highest BCUT2D eigenvalue weighted by atomic mass is 16.3. The monoisotopic (exact) mass is 574 g/mol. The molecule has 9 rings (SSSR count). The Morgan fingerprint density at radius 2 is 1.09 bits per heavy atom. The molecule has 0 atom stereocenters. The van der Waals surface area contributed by atoms with Crippen molar-refractivity contribution in [2.45, 2.75) is 0 Å². The number of furan rings is 1. The van der Waals surface area contributed by atoms with Gasteiger partial charge in [-0.15, -0.1) is 0 Å². The lowest BCUT2D eigenvalue weighted by molar-refractivity contribution is 0.673. The number of hydrogen-bond acceptors (Lipinski definition) is 4. The van der Waals surface area contributed by atoms with Crippen LogP contribution in [0.5, 0.6) is 0 Å². The Labute approximate surface area is 266 Å². The molecule has 44 heavy (non-hydrogen) atoms. The van der Waals surface area contributed by atoms with E-state index in [2.05, 4.69) is 0 Å². The summed E-state index contributed by atoms with van der Waals surface area (Å²) in [4.78, 5) is 14.5. The van der Waals surface area contributed by atoms with Crippen molar-refractivity contribution in [1.82, 2.24) is 19.5 Å². The first kappa shape index (κ1) is 16.5. The minimum atomic E-state index is -0.554. The maximum Gasteiger partial charge on any atom is 0.238 e. The third-order valence-corrected chi connectivity index (χ3v) is 7.57. The highest BCUT2D eigenvalue weighted by molar-refractivity contribution is 6.23. The van der Waals surface area contributed by atoms with Crippen LogP contribution in [0.1, 0.15) is 13.7 Å². The maximum absolute atomic E-state index is 9.39. The van der Waals surface area contributed by atoms with Gasteiger partial charge >= 0.3 is 0 Å². The van der Waals surface area contributed by atoms with Gasteiger partial charge in [-0.25, -0.2) is 4.98 Å². The zero-order valence-corrected chi connectivity index (χ0v) is 22.8. The fourth-order valence-corrected chi connectivity index (χ4v) is 5.53. The molecule has 0 radical (unpaired) electrons. The van der Waals surface area contributed by atoms with Gasteiger partial charge in [-0.05, 0) is 35.3 Å². The van der Waals surface area contributed by atoms with Gasteiger partial charge in [-0.2, -0.15) is 9.97 Å². The summed E-state index contributed by atoms with van der Waals surface area (Å²) in [7, 11) is 0. The zero-order chi connectivity index (χ0) is 37.7. The highest BCUT2D eigenvalue weighted by Gasteiger charge is 2.21. The summed E-state index contributed by atoms with van der Waals surface area (Å²) in [6.45, 7) is 0. The molecule has 0 spiro atoms. The number of para-hydroxylation sites is 2. The predicted molar refractivity (Wildman–Crippen MR) is 178 cm³/mol. The first-order valence-electron chi connectivity index (χ1n) is 18.8. The first-order chi connectivity index (χ1) is 26.0. The van der Waals surface area contributed by atoms with Crippen LogP contribution in [0.25, 0.3) is 83.6 Å². The molecule has 0 unspecified atom stereocenters. The predicted octanol–water partition coefficient (Wildman–Crippen LogP) is 9.87. The molecule has 0 fully saturated rings. The summed E-state index contributed by atoms with van der Waals surface area (Å²) in [6.07, 6.45) is 0. The maximum atomic E-state index is 9.39. The molecule has 206 valence electrons. The van der Waals surface area contributed by atoms with Crippen molar-refractivity contribution in [3.05, 3.63) is 145 Å². The van der Waals surface area contributed by atoms with Crippen molar-refractivity contribution in [2.24, 2.45) is 0 Å². The van der Waals surface area contributed by atoms with E-state index in [1.165, 1.54) is 4.57 Å². The summed E-state index contributed by atoms with van der Waals surface area (Å²) in [5.41, 5.74) is 2.69. The lowest BCUT2D eigenvalue weighted by Crippen LogP contribution is -2.06. The number of fused-ring (bicyclic) bond motifs is 7. The van der Waals surface area contributed by atoms with Crippen molar-refractivity contribution < 1.29 is 18.1 Å². The van der Waals surface area contributed by atoms with Crippen LogP contribution < -0.4 is 0 Å². The van der Waals surface area contributed by atoms with Crippen LogP contribution in [0, 0.1) is 0 Å². The van der Waals surface area contributed by atoms with E-state index in [1.54, 1.807) is 0 Å².